The standard InChI is InChI=1S/C15H32BrNO3/c1-4-5-9-18-11-13-20-14-12-19-10-8-17-15(2,3)6-7-16/h17H,4-14H2,1-3H3. The molecule has 5 heteroatoms. The molecular weight excluding hydrogens is 322 g/mol. The van der Waals surface area contributed by atoms with Gasteiger partial charge in [0.05, 0.1) is 33.0 Å². The summed E-state index contributed by atoms with van der Waals surface area (Å²) in [6.07, 6.45) is 3.41. The smallest absolute Gasteiger partial charge is 0.0701 e. The summed E-state index contributed by atoms with van der Waals surface area (Å²) in [5, 5.41) is 4.49. The molecule has 0 aromatic rings. The van der Waals surface area contributed by atoms with Crippen LogP contribution in [0.1, 0.15) is 40.0 Å². The monoisotopic (exact) mass is 353 g/mol. The first-order valence-corrected chi connectivity index (χ1v) is 8.78. The second kappa shape index (κ2) is 14.3. The molecule has 0 spiro atoms. The van der Waals surface area contributed by atoms with Gasteiger partial charge in [-0.3, -0.25) is 0 Å². The lowest BCUT2D eigenvalue weighted by Crippen LogP contribution is -2.41. The van der Waals surface area contributed by atoms with Crippen LogP contribution in [0.25, 0.3) is 0 Å². The molecule has 0 saturated carbocycles. The molecular formula is C15H32BrNO3. The van der Waals surface area contributed by atoms with Gasteiger partial charge in [-0.1, -0.05) is 29.3 Å². The molecule has 0 aliphatic rings. The Morgan fingerprint density at radius 3 is 2.00 bits per heavy atom. The topological polar surface area (TPSA) is 39.7 Å². The summed E-state index contributed by atoms with van der Waals surface area (Å²) < 4.78 is 16.3. The molecule has 0 fully saturated rings. The van der Waals surface area contributed by atoms with Crippen LogP contribution in [0.2, 0.25) is 0 Å². The number of unbranched alkanes of at least 4 members (excludes halogenated alkanes) is 1. The van der Waals surface area contributed by atoms with Crippen LogP contribution in [0.5, 0.6) is 0 Å². The average molecular weight is 354 g/mol. The Morgan fingerprint density at radius 1 is 0.900 bits per heavy atom. The Kier molecular flexibility index (Phi) is 14.5. The number of hydrogen-bond acceptors (Lipinski definition) is 4. The number of nitrogens with one attached hydrogen (secondary N) is 1. The van der Waals surface area contributed by atoms with Crippen LogP contribution in [0.3, 0.4) is 0 Å². The molecule has 4 nitrogen and oxygen atoms in total. The van der Waals surface area contributed by atoms with Crippen molar-refractivity contribution in [3.63, 3.8) is 0 Å². The van der Waals surface area contributed by atoms with Gasteiger partial charge >= 0.3 is 0 Å². The molecule has 0 bridgehead atoms. The van der Waals surface area contributed by atoms with Gasteiger partial charge < -0.3 is 19.5 Å². The van der Waals surface area contributed by atoms with Gasteiger partial charge in [0, 0.05) is 24.0 Å². The Labute approximate surface area is 133 Å². The van der Waals surface area contributed by atoms with E-state index in [9.17, 15) is 0 Å². The minimum Gasteiger partial charge on any atom is -0.379 e. The normalized spacial score (nSPS) is 12.0. The molecule has 0 amide bonds. The summed E-state index contributed by atoms with van der Waals surface area (Å²) in [5.41, 5.74) is 0.166. The summed E-state index contributed by atoms with van der Waals surface area (Å²) in [7, 11) is 0. The average Bonchev–Trinajstić information content (AvgIpc) is 2.40. The van der Waals surface area contributed by atoms with Crippen LogP contribution < -0.4 is 5.32 Å². The van der Waals surface area contributed by atoms with Gasteiger partial charge in [0.1, 0.15) is 0 Å². The van der Waals surface area contributed by atoms with Crippen LogP contribution in [-0.4, -0.2) is 57.1 Å². The predicted molar refractivity (Wildman–Crippen MR) is 87.9 cm³/mol. The van der Waals surface area contributed by atoms with Crippen molar-refractivity contribution in [1.29, 1.82) is 0 Å². The van der Waals surface area contributed by atoms with Crippen LogP contribution in [-0.2, 0) is 14.2 Å². The molecule has 1 N–H and O–H groups in total. The van der Waals surface area contributed by atoms with Crippen molar-refractivity contribution in [3.8, 4) is 0 Å². The lowest BCUT2D eigenvalue weighted by atomic mass is 10.0. The van der Waals surface area contributed by atoms with Crippen molar-refractivity contribution < 1.29 is 14.2 Å². The first-order valence-electron chi connectivity index (χ1n) is 7.66. The van der Waals surface area contributed by atoms with E-state index in [0.717, 1.165) is 37.9 Å². The van der Waals surface area contributed by atoms with E-state index < -0.39 is 0 Å². The second-order valence-electron chi connectivity index (χ2n) is 5.44. The van der Waals surface area contributed by atoms with Crippen molar-refractivity contribution in [2.75, 3.05) is 51.5 Å². The van der Waals surface area contributed by atoms with E-state index in [1.807, 2.05) is 0 Å². The molecule has 122 valence electrons. The van der Waals surface area contributed by atoms with Crippen LogP contribution >= 0.6 is 15.9 Å². The largest absolute Gasteiger partial charge is 0.379 e. The molecule has 0 aliphatic carbocycles. The van der Waals surface area contributed by atoms with Gasteiger partial charge in [-0.15, -0.1) is 0 Å². The second-order valence-corrected chi connectivity index (χ2v) is 6.23. The number of hydrogen-bond donors (Lipinski definition) is 1. The summed E-state index contributed by atoms with van der Waals surface area (Å²) in [5.74, 6) is 0. The van der Waals surface area contributed by atoms with Crippen molar-refractivity contribution >= 4 is 15.9 Å². The molecule has 20 heavy (non-hydrogen) atoms. The third-order valence-electron chi connectivity index (χ3n) is 2.96. The van der Waals surface area contributed by atoms with Gasteiger partial charge in [-0.2, -0.15) is 0 Å². The molecule has 0 radical (unpaired) electrons. The van der Waals surface area contributed by atoms with E-state index in [-0.39, 0.29) is 5.54 Å². The summed E-state index contributed by atoms with van der Waals surface area (Å²) in [4.78, 5) is 0. The fourth-order valence-electron chi connectivity index (χ4n) is 1.57. The van der Waals surface area contributed by atoms with Crippen molar-refractivity contribution in [3.05, 3.63) is 0 Å². The van der Waals surface area contributed by atoms with Gasteiger partial charge in [-0.25, -0.2) is 0 Å². The molecule has 0 aromatic heterocycles. The fraction of sp³-hybridized carbons (Fsp3) is 1.00. The van der Waals surface area contributed by atoms with E-state index in [4.69, 9.17) is 14.2 Å². The lowest BCUT2D eigenvalue weighted by molar-refractivity contribution is 0.0140. The van der Waals surface area contributed by atoms with Gasteiger partial charge in [-0.05, 0) is 26.7 Å². The highest BCUT2D eigenvalue weighted by molar-refractivity contribution is 9.09. The minimum atomic E-state index is 0.166. The van der Waals surface area contributed by atoms with Crippen LogP contribution in [0, 0.1) is 0 Å². The van der Waals surface area contributed by atoms with Crippen LogP contribution in [0.4, 0.5) is 0 Å². The first kappa shape index (κ1) is 20.3. The summed E-state index contributed by atoms with van der Waals surface area (Å²) in [6, 6.07) is 0. The zero-order valence-corrected chi connectivity index (χ0v) is 15.0. The molecule has 0 rings (SSSR count). The maximum atomic E-state index is 5.51. The van der Waals surface area contributed by atoms with Crippen molar-refractivity contribution in [1.82, 2.24) is 5.32 Å². The zero-order valence-electron chi connectivity index (χ0n) is 13.4. The van der Waals surface area contributed by atoms with Gasteiger partial charge in [0.15, 0.2) is 0 Å². The maximum Gasteiger partial charge on any atom is 0.0701 e. The Hall–Kier alpha value is 0.320. The third-order valence-corrected chi connectivity index (χ3v) is 3.35. The highest BCUT2D eigenvalue weighted by Gasteiger charge is 2.14. The Morgan fingerprint density at radius 2 is 1.45 bits per heavy atom. The van der Waals surface area contributed by atoms with E-state index in [0.29, 0.717) is 26.4 Å². The SMILES string of the molecule is CCCCOCCOCCOCCNC(C)(C)CCBr. The highest BCUT2D eigenvalue weighted by Crippen LogP contribution is 2.09. The van der Waals surface area contributed by atoms with Gasteiger partial charge in [0.2, 0.25) is 0 Å². The number of ether oxygens (including phenoxy) is 3. The Balaban J connectivity index is 3.13. The van der Waals surface area contributed by atoms with E-state index in [1.54, 1.807) is 0 Å². The Bertz CT molecular complexity index is 204. The third kappa shape index (κ3) is 14.7. The molecule has 0 aliphatic heterocycles. The molecule has 0 unspecified atom stereocenters. The minimum absolute atomic E-state index is 0.166. The predicted octanol–water partition coefficient (Wildman–Crippen LogP) is 2.99. The quantitative estimate of drug-likeness (QED) is 0.363. The van der Waals surface area contributed by atoms with Crippen LogP contribution in [0.15, 0.2) is 0 Å². The van der Waals surface area contributed by atoms with Crippen molar-refractivity contribution in [2.45, 2.75) is 45.6 Å². The fourth-order valence-corrected chi connectivity index (χ4v) is 2.57. The van der Waals surface area contributed by atoms with Gasteiger partial charge in [0.25, 0.3) is 0 Å². The van der Waals surface area contributed by atoms with E-state index >= 15 is 0 Å². The number of rotatable bonds is 15. The maximum absolute atomic E-state index is 5.51. The molecule has 0 saturated heterocycles. The lowest BCUT2D eigenvalue weighted by Gasteiger charge is -2.25. The molecule has 0 heterocycles. The number of alkyl halides is 1. The van der Waals surface area contributed by atoms with E-state index in [2.05, 4.69) is 42.0 Å². The highest BCUT2D eigenvalue weighted by atomic mass is 79.9. The van der Waals surface area contributed by atoms with Crippen molar-refractivity contribution in [2.24, 2.45) is 0 Å². The number of halogens is 1. The summed E-state index contributed by atoms with van der Waals surface area (Å²) >= 11 is 3.46. The molecule has 0 atom stereocenters. The first-order chi connectivity index (χ1) is 9.62. The molecule has 0 aromatic carbocycles. The zero-order chi connectivity index (χ0) is 15.1. The summed E-state index contributed by atoms with van der Waals surface area (Å²) in [6.45, 7) is 11.6. The van der Waals surface area contributed by atoms with E-state index in [1.165, 1.54) is 6.42 Å².